The van der Waals surface area contributed by atoms with Crippen molar-refractivity contribution in [2.75, 3.05) is 6.61 Å². The molecule has 2 nitrogen and oxygen atoms in total. The molecule has 0 amide bonds. The number of rotatable bonds is 6. The second-order valence-corrected chi connectivity index (χ2v) is 10.9. The van der Waals surface area contributed by atoms with E-state index in [1.165, 1.54) is 15.9 Å². The normalized spacial score (nSPS) is 15.8. The van der Waals surface area contributed by atoms with Gasteiger partial charge in [-0.15, -0.1) is 0 Å². The molecule has 3 heteroatoms. The van der Waals surface area contributed by atoms with Crippen molar-refractivity contribution in [3.63, 3.8) is 0 Å². The quantitative estimate of drug-likeness (QED) is 0.553. The van der Waals surface area contributed by atoms with Crippen LogP contribution >= 0.6 is 7.26 Å². The van der Waals surface area contributed by atoms with E-state index in [-0.39, 0.29) is 11.6 Å². The number of allylic oxidation sites excluding steroid dienone is 4. The second kappa shape index (κ2) is 8.47. The van der Waals surface area contributed by atoms with Gasteiger partial charge in [0.05, 0.1) is 0 Å². The fourth-order valence-electron chi connectivity index (χ4n) is 4.00. The third-order valence-corrected chi connectivity index (χ3v) is 10.5. The van der Waals surface area contributed by atoms with Gasteiger partial charge in [-0.3, -0.25) is 0 Å². The maximum absolute atomic E-state index is 12.9. The van der Waals surface area contributed by atoms with E-state index < -0.39 is 7.26 Å². The van der Waals surface area contributed by atoms with Gasteiger partial charge in [0.25, 0.3) is 0 Å². The molecule has 2 aromatic carbocycles. The summed E-state index contributed by atoms with van der Waals surface area (Å²) in [7, 11) is -2.55. The Balaban J connectivity index is 2.29. The van der Waals surface area contributed by atoms with Crippen molar-refractivity contribution in [1.82, 2.24) is 0 Å². The molecule has 2 aromatic rings. The van der Waals surface area contributed by atoms with Gasteiger partial charge in [-0.1, -0.05) is 0 Å². The van der Waals surface area contributed by atoms with Crippen LogP contribution in [0.1, 0.15) is 26.7 Å². The molecule has 136 valence electrons. The topological polar surface area (TPSA) is 26.3 Å². The Morgan fingerprint density at radius 1 is 1.00 bits per heavy atom. The van der Waals surface area contributed by atoms with Gasteiger partial charge >= 0.3 is 157 Å². The van der Waals surface area contributed by atoms with Crippen LogP contribution in [0.5, 0.6) is 0 Å². The van der Waals surface area contributed by atoms with Crippen molar-refractivity contribution in [3.05, 3.63) is 84.2 Å². The van der Waals surface area contributed by atoms with E-state index in [2.05, 4.69) is 66.8 Å². The predicted octanol–water partition coefficient (Wildman–Crippen LogP) is 4.57. The van der Waals surface area contributed by atoms with Crippen LogP contribution in [0.15, 0.2) is 84.2 Å². The molecule has 1 aliphatic carbocycles. The van der Waals surface area contributed by atoms with E-state index in [1.54, 1.807) is 0 Å². The molecule has 0 radical (unpaired) electrons. The Morgan fingerprint density at radius 2 is 1.58 bits per heavy atom. The molecule has 0 aromatic heterocycles. The standard InChI is InChI=1S/C23H27O2P/c1-3-25-23(24)19(2)26(20-13-7-4-8-14-20,21-15-9-5-10-16-21)22-17-11-6-12-18-22/h4-5,7-11,13-19,26H,3,6,12H2,1-2H3. The number of carbonyl (C=O) groups is 1. The summed E-state index contributed by atoms with van der Waals surface area (Å²) in [6, 6.07) is 21.1. The first kappa shape index (κ1) is 18.6. The van der Waals surface area contributed by atoms with Crippen LogP contribution in [0.25, 0.3) is 0 Å². The van der Waals surface area contributed by atoms with Gasteiger partial charge in [0.15, 0.2) is 0 Å². The van der Waals surface area contributed by atoms with Gasteiger partial charge < -0.3 is 0 Å². The van der Waals surface area contributed by atoms with Crippen molar-refractivity contribution in [1.29, 1.82) is 0 Å². The Hall–Kier alpha value is -2.18. The zero-order valence-corrected chi connectivity index (χ0v) is 16.5. The average Bonchev–Trinajstić information content (AvgIpc) is 2.71. The number of hydrogen-bond acceptors (Lipinski definition) is 2. The first-order chi connectivity index (χ1) is 12.7. The summed E-state index contributed by atoms with van der Waals surface area (Å²) < 4.78 is 5.49. The molecule has 0 fully saturated rings. The molecule has 0 spiro atoms. The molecule has 26 heavy (non-hydrogen) atoms. The van der Waals surface area contributed by atoms with Crippen molar-refractivity contribution in [2.24, 2.45) is 0 Å². The molecular formula is C23H27O2P. The fourth-order valence-corrected chi connectivity index (χ4v) is 9.22. The summed E-state index contributed by atoms with van der Waals surface area (Å²) in [6.45, 7) is 4.33. The summed E-state index contributed by atoms with van der Waals surface area (Å²) in [5.41, 5.74) is -0.207. The van der Waals surface area contributed by atoms with Crippen LogP contribution < -0.4 is 10.6 Å². The van der Waals surface area contributed by atoms with Crippen molar-refractivity contribution < 1.29 is 9.53 Å². The molecule has 0 bridgehead atoms. The molecule has 1 aliphatic rings. The fraction of sp³-hybridized carbons (Fsp3) is 0.261. The summed E-state index contributed by atoms with van der Waals surface area (Å²) in [5, 5.41) is 3.82. The van der Waals surface area contributed by atoms with Crippen LogP contribution in [0.4, 0.5) is 0 Å². The van der Waals surface area contributed by atoms with Gasteiger partial charge in [0.1, 0.15) is 0 Å². The minimum absolute atomic E-state index is 0.105. The number of carbonyl (C=O) groups excluding carboxylic acids is 1. The molecule has 0 saturated heterocycles. The van der Waals surface area contributed by atoms with Gasteiger partial charge in [-0.25, -0.2) is 0 Å². The van der Waals surface area contributed by atoms with Gasteiger partial charge in [0, 0.05) is 0 Å². The Labute approximate surface area is 156 Å². The third-order valence-electron chi connectivity index (χ3n) is 5.20. The molecular weight excluding hydrogens is 339 g/mol. The number of hydrogen-bond donors (Lipinski definition) is 0. The van der Waals surface area contributed by atoms with Crippen LogP contribution in [0, 0.1) is 0 Å². The van der Waals surface area contributed by atoms with Gasteiger partial charge in [0.2, 0.25) is 0 Å². The van der Waals surface area contributed by atoms with E-state index in [0.29, 0.717) is 6.61 Å². The molecule has 3 rings (SSSR count). The summed E-state index contributed by atoms with van der Waals surface area (Å²) in [4.78, 5) is 12.9. The predicted molar refractivity (Wildman–Crippen MR) is 113 cm³/mol. The van der Waals surface area contributed by atoms with Crippen LogP contribution in [0.2, 0.25) is 0 Å². The molecule has 0 heterocycles. The first-order valence-corrected chi connectivity index (χ1v) is 11.4. The number of benzene rings is 2. The number of esters is 1. The van der Waals surface area contributed by atoms with E-state index in [1.807, 2.05) is 26.0 Å². The Morgan fingerprint density at radius 3 is 2.04 bits per heavy atom. The van der Waals surface area contributed by atoms with Crippen LogP contribution in [-0.2, 0) is 9.53 Å². The van der Waals surface area contributed by atoms with Crippen molar-refractivity contribution in [3.8, 4) is 0 Å². The summed E-state index contributed by atoms with van der Waals surface area (Å²) in [6.07, 6.45) is 8.90. The van der Waals surface area contributed by atoms with Crippen molar-refractivity contribution >= 4 is 23.8 Å². The molecule has 0 aliphatic heterocycles. The van der Waals surface area contributed by atoms with E-state index in [0.717, 1.165) is 12.8 Å². The maximum atomic E-state index is 12.9. The second-order valence-electron chi connectivity index (χ2n) is 6.65. The zero-order valence-electron chi connectivity index (χ0n) is 15.5. The third kappa shape index (κ3) is 3.39. The molecule has 0 saturated carbocycles. The first-order valence-electron chi connectivity index (χ1n) is 9.36. The van der Waals surface area contributed by atoms with Crippen molar-refractivity contribution in [2.45, 2.75) is 32.3 Å². The van der Waals surface area contributed by atoms with Gasteiger partial charge in [-0.05, 0) is 0 Å². The summed E-state index contributed by atoms with van der Waals surface area (Å²) >= 11 is 0. The van der Waals surface area contributed by atoms with Crippen LogP contribution in [0.3, 0.4) is 0 Å². The van der Waals surface area contributed by atoms with E-state index in [4.69, 9.17) is 4.74 Å². The summed E-state index contributed by atoms with van der Waals surface area (Å²) in [5.74, 6) is -0.105. The molecule has 1 atom stereocenters. The Kier molecular flexibility index (Phi) is 6.06. The van der Waals surface area contributed by atoms with Crippen LogP contribution in [-0.4, -0.2) is 18.2 Å². The minimum atomic E-state index is -2.55. The average molecular weight is 366 g/mol. The molecule has 0 N–H and O–H groups in total. The van der Waals surface area contributed by atoms with E-state index >= 15 is 0 Å². The zero-order chi connectivity index (χ0) is 18.4. The Bertz CT molecular complexity index is 754. The van der Waals surface area contributed by atoms with Gasteiger partial charge in [-0.2, -0.15) is 0 Å². The number of ether oxygens (including phenoxy) is 1. The monoisotopic (exact) mass is 366 g/mol. The molecule has 1 unspecified atom stereocenters. The SMILES string of the molecule is CCOC(=O)C(C)[PH](C1=CCCC=C1)(c1ccccc1)c1ccccc1. The van der Waals surface area contributed by atoms with E-state index in [9.17, 15) is 4.79 Å².